The summed E-state index contributed by atoms with van der Waals surface area (Å²) < 4.78 is 0.990. The minimum absolute atomic E-state index is 0.110. The van der Waals surface area contributed by atoms with Crippen molar-refractivity contribution in [2.75, 3.05) is 7.05 Å². The molecule has 2 aromatic rings. The lowest BCUT2D eigenvalue weighted by atomic mass is 10.1. The fourth-order valence-corrected chi connectivity index (χ4v) is 3.45. The quantitative estimate of drug-likeness (QED) is 0.935. The first-order chi connectivity index (χ1) is 8.65. The van der Waals surface area contributed by atoms with E-state index in [1.165, 1.54) is 10.6 Å². The maximum atomic E-state index is 4.72. The minimum Gasteiger partial charge on any atom is -0.307 e. The van der Waals surface area contributed by atoms with E-state index >= 15 is 0 Å². The van der Waals surface area contributed by atoms with E-state index in [1.807, 2.05) is 13.2 Å². The molecule has 1 N–H and O–H groups in total. The van der Waals surface area contributed by atoms with Crippen LogP contribution in [0.4, 0.5) is 0 Å². The maximum Gasteiger partial charge on any atom is 0.115 e. The first-order valence-electron chi connectivity index (χ1n) is 5.89. The lowest BCUT2D eigenvalue weighted by Gasteiger charge is -2.13. The molecule has 0 aromatic carbocycles. The van der Waals surface area contributed by atoms with Crippen LogP contribution in [0.1, 0.15) is 34.1 Å². The molecular formula is C13H16BrN3S. The van der Waals surface area contributed by atoms with Crippen molar-refractivity contribution in [3.8, 4) is 0 Å². The Morgan fingerprint density at radius 2 is 2.22 bits per heavy atom. The molecule has 3 nitrogen and oxygen atoms in total. The number of thiazole rings is 1. The Morgan fingerprint density at radius 3 is 2.78 bits per heavy atom. The topological polar surface area (TPSA) is 37.8 Å². The van der Waals surface area contributed by atoms with Crippen LogP contribution in [0.15, 0.2) is 22.9 Å². The third-order valence-corrected chi connectivity index (χ3v) is 4.35. The summed E-state index contributed by atoms with van der Waals surface area (Å²) in [5.74, 6) is 0. The van der Waals surface area contributed by atoms with Crippen molar-refractivity contribution in [1.82, 2.24) is 15.3 Å². The molecule has 2 rings (SSSR count). The molecule has 0 aliphatic carbocycles. The van der Waals surface area contributed by atoms with Crippen LogP contribution in [0.2, 0.25) is 0 Å². The predicted octanol–water partition coefficient (Wildman–Crippen LogP) is 3.48. The zero-order chi connectivity index (χ0) is 13.1. The van der Waals surface area contributed by atoms with Gasteiger partial charge < -0.3 is 5.32 Å². The molecule has 0 fully saturated rings. The average Bonchev–Trinajstić information content (AvgIpc) is 2.71. The summed E-state index contributed by atoms with van der Waals surface area (Å²) in [6.07, 6.45) is 4.66. The van der Waals surface area contributed by atoms with Gasteiger partial charge in [0.05, 0.1) is 11.7 Å². The highest BCUT2D eigenvalue weighted by Gasteiger charge is 2.18. The number of pyridine rings is 1. The molecular weight excluding hydrogens is 310 g/mol. The summed E-state index contributed by atoms with van der Waals surface area (Å²) in [6, 6.07) is 2.19. The van der Waals surface area contributed by atoms with E-state index in [-0.39, 0.29) is 6.04 Å². The molecule has 5 heteroatoms. The van der Waals surface area contributed by atoms with Crippen LogP contribution >= 0.6 is 27.3 Å². The van der Waals surface area contributed by atoms with Crippen molar-refractivity contribution in [2.45, 2.75) is 26.3 Å². The van der Waals surface area contributed by atoms with Crippen LogP contribution in [0.25, 0.3) is 0 Å². The molecule has 0 aliphatic heterocycles. The van der Waals surface area contributed by atoms with E-state index in [0.29, 0.717) is 0 Å². The van der Waals surface area contributed by atoms with E-state index in [1.54, 1.807) is 17.5 Å². The Bertz CT molecular complexity index is 539. The van der Waals surface area contributed by atoms with Gasteiger partial charge in [0.2, 0.25) is 0 Å². The second-order valence-corrected chi connectivity index (χ2v) is 6.22. The van der Waals surface area contributed by atoms with Gasteiger partial charge in [-0.1, -0.05) is 6.92 Å². The first-order valence-corrected chi connectivity index (χ1v) is 7.50. The summed E-state index contributed by atoms with van der Waals surface area (Å²) in [7, 11) is 1.95. The number of halogens is 1. The molecule has 0 saturated carbocycles. The highest BCUT2D eigenvalue weighted by Crippen LogP contribution is 2.28. The van der Waals surface area contributed by atoms with Crippen LogP contribution < -0.4 is 5.32 Å². The Kier molecular flexibility index (Phi) is 4.48. The van der Waals surface area contributed by atoms with Gasteiger partial charge in [0.25, 0.3) is 0 Å². The second kappa shape index (κ2) is 5.91. The Balaban J connectivity index is 2.38. The van der Waals surface area contributed by atoms with E-state index in [0.717, 1.165) is 21.5 Å². The highest BCUT2D eigenvalue weighted by molar-refractivity contribution is 9.10. The lowest BCUT2D eigenvalue weighted by molar-refractivity contribution is 0.680. The SMILES string of the molecule is CCc1nc(C(NC)c2cncc(Br)c2)sc1C. The summed E-state index contributed by atoms with van der Waals surface area (Å²) >= 11 is 5.21. The van der Waals surface area contributed by atoms with Crippen molar-refractivity contribution in [3.63, 3.8) is 0 Å². The van der Waals surface area contributed by atoms with E-state index in [4.69, 9.17) is 4.98 Å². The van der Waals surface area contributed by atoms with Crippen LogP contribution in [0, 0.1) is 6.92 Å². The van der Waals surface area contributed by atoms with Gasteiger partial charge in [-0.3, -0.25) is 4.98 Å². The number of nitrogens with zero attached hydrogens (tertiary/aromatic N) is 2. The van der Waals surface area contributed by atoms with Crippen molar-refractivity contribution < 1.29 is 0 Å². The summed E-state index contributed by atoms with van der Waals surface area (Å²) in [6.45, 7) is 4.27. The highest BCUT2D eigenvalue weighted by atomic mass is 79.9. The standard InChI is InChI=1S/C13H16BrN3S/c1-4-11-8(2)18-13(17-11)12(15-3)9-5-10(14)7-16-6-9/h5-7,12,15H,4H2,1-3H3. The zero-order valence-electron chi connectivity index (χ0n) is 10.7. The largest absolute Gasteiger partial charge is 0.307 e. The molecule has 2 heterocycles. The van der Waals surface area contributed by atoms with Gasteiger partial charge in [0.1, 0.15) is 5.01 Å². The number of hydrogen-bond acceptors (Lipinski definition) is 4. The minimum atomic E-state index is 0.110. The first kappa shape index (κ1) is 13.6. The Hall–Kier alpha value is -0.780. The van der Waals surface area contributed by atoms with Crippen LogP contribution in [0.3, 0.4) is 0 Å². The molecule has 0 spiro atoms. The Labute approximate surface area is 120 Å². The fourth-order valence-electron chi connectivity index (χ4n) is 1.92. The molecule has 0 saturated heterocycles. The number of hydrogen-bond donors (Lipinski definition) is 1. The molecule has 0 aliphatic rings. The lowest BCUT2D eigenvalue weighted by Crippen LogP contribution is -2.17. The molecule has 1 atom stereocenters. The molecule has 0 radical (unpaired) electrons. The molecule has 18 heavy (non-hydrogen) atoms. The van der Waals surface area contributed by atoms with Crippen molar-refractivity contribution >= 4 is 27.3 Å². The van der Waals surface area contributed by atoms with E-state index in [9.17, 15) is 0 Å². The van der Waals surface area contributed by atoms with Gasteiger partial charge in [-0.25, -0.2) is 4.98 Å². The molecule has 0 bridgehead atoms. The number of rotatable bonds is 4. The smallest absolute Gasteiger partial charge is 0.115 e. The van der Waals surface area contributed by atoms with E-state index < -0.39 is 0 Å². The number of aromatic nitrogens is 2. The summed E-state index contributed by atoms with van der Waals surface area (Å²) in [4.78, 5) is 10.2. The van der Waals surface area contributed by atoms with Crippen molar-refractivity contribution in [3.05, 3.63) is 44.1 Å². The van der Waals surface area contributed by atoms with Crippen molar-refractivity contribution in [1.29, 1.82) is 0 Å². The third-order valence-electron chi connectivity index (χ3n) is 2.84. The zero-order valence-corrected chi connectivity index (χ0v) is 13.1. The van der Waals surface area contributed by atoms with Gasteiger partial charge in [-0.15, -0.1) is 11.3 Å². The monoisotopic (exact) mass is 325 g/mol. The normalized spacial score (nSPS) is 12.7. The van der Waals surface area contributed by atoms with Crippen LogP contribution in [0.5, 0.6) is 0 Å². The molecule has 0 amide bonds. The number of nitrogens with one attached hydrogen (secondary N) is 1. The van der Waals surface area contributed by atoms with Gasteiger partial charge in [-0.05, 0) is 48.0 Å². The van der Waals surface area contributed by atoms with Crippen molar-refractivity contribution in [2.24, 2.45) is 0 Å². The predicted molar refractivity (Wildman–Crippen MR) is 79.1 cm³/mol. The van der Waals surface area contributed by atoms with Gasteiger partial charge in [0.15, 0.2) is 0 Å². The number of aryl methyl sites for hydroxylation is 2. The molecule has 2 aromatic heterocycles. The second-order valence-electron chi connectivity index (χ2n) is 4.07. The molecule has 1 unspecified atom stereocenters. The maximum absolute atomic E-state index is 4.72. The van der Waals surface area contributed by atoms with Gasteiger partial charge in [-0.2, -0.15) is 0 Å². The molecule has 96 valence electrons. The van der Waals surface area contributed by atoms with Crippen LogP contribution in [-0.2, 0) is 6.42 Å². The van der Waals surface area contributed by atoms with Gasteiger partial charge >= 0.3 is 0 Å². The van der Waals surface area contributed by atoms with Crippen LogP contribution in [-0.4, -0.2) is 17.0 Å². The fraction of sp³-hybridized carbons (Fsp3) is 0.385. The summed E-state index contributed by atoms with van der Waals surface area (Å²) in [5, 5.41) is 4.42. The average molecular weight is 326 g/mol. The van der Waals surface area contributed by atoms with Gasteiger partial charge in [0, 0.05) is 21.7 Å². The third kappa shape index (κ3) is 2.79. The summed E-state index contributed by atoms with van der Waals surface area (Å²) in [5.41, 5.74) is 2.32. The Morgan fingerprint density at radius 1 is 1.44 bits per heavy atom. The van der Waals surface area contributed by atoms with E-state index in [2.05, 4.69) is 46.1 Å².